The van der Waals surface area contributed by atoms with Crippen LogP contribution in [0.1, 0.15) is 9.67 Å². The number of rotatable bonds is 1. The van der Waals surface area contributed by atoms with E-state index in [9.17, 15) is 4.79 Å². The minimum absolute atomic E-state index is 0.0162. The zero-order valence-electron chi connectivity index (χ0n) is 5.87. The van der Waals surface area contributed by atoms with Gasteiger partial charge in [-0.1, -0.05) is 0 Å². The second-order valence-corrected chi connectivity index (χ2v) is 2.95. The molecule has 0 aliphatic heterocycles. The van der Waals surface area contributed by atoms with Crippen LogP contribution >= 0.6 is 11.3 Å². The summed E-state index contributed by atoms with van der Waals surface area (Å²) in [4.78, 5) is 17.1. The predicted molar refractivity (Wildman–Crippen MR) is 40.1 cm³/mol. The molecule has 0 saturated heterocycles. The van der Waals surface area contributed by atoms with Crippen LogP contribution in [0.2, 0.25) is 0 Å². The van der Waals surface area contributed by atoms with Crippen molar-refractivity contribution in [3.05, 3.63) is 16.6 Å². The molecule has 0 saturated carbocycles. The molecule has 0 fully saturated rings. The highest BCUT2D eigenvalue weighted by Crippen LogP contribution is 2.06. The zero-order valence-corrected chi connectivity index (χ0v) is 6.68. The van der Waals surface area contributed by atoms with Crippen molar-refractivity contribution >= 4 is 17.2 Å². The van der Waals surface area contributed by atoms with E-state index in [4.69, 9.17) is 0 Å². The van der Waals surface area contributed by atoms with Gasteiger partial charge >= 0.3 is 0 Å². The predicted octanol–water partition coefficient (Wildman–Crippen LogP) is 0.845. The van der Waals surface area contributed by atoms with Crippen molar-refractivity contribution in [2.75, 3.05) is 14.1 Å². The van der Waals surface area contributed by atoms with Crippen LogP contribution in [0.3, 0.4) is 0 Å². The molecule has 54 valence electrons. The lowest BCUT2D eigenvalue weighted by molar-refractivity contribution is 0.0832. The Morgan fingerprint density at radius 3 is 2.80 bits per heavy atom. The summed E-state index contributed by atoms with van der Waals surface area (Å²) in [6.45, 7) is 0. The van der Waals surface area contributed by atoms with Crippen molar-refractivity contribution in [3.63, 3.8) is 0 Å². The van der Waals surface area contributed by atoms with E-state index in [0.29, 0.717) is 4.88 Å². The van der Waals surface area contributed by atoms with E-state index in [2.05, 4.69) is 4.98 Å². The van der Waals surface area contributed by atoms with E-state index in [1.807, 2.05) is 0 Å². The van der Waals surface area contributed by atoms with Gasteiger partial charge in [0.15, 0.2) is 0 Å². The number of carbonyl (C=O) groups is 1. The first kappa shape index (κ1) is 7.21. The summed E-state index contributed by atoms with van der Waals surface area (Å²) in [7, 11) is 3.45. The molecule has 1 rings (SSSR count). The van der Waals surface area contributed by atoms with Crippen molar-refractivity contribution in [2.24, 2.45) is 0 Å². The van der Waals surface area contributed by atoms with Crippen LogP contribution in [-0.2, 0) is 0 Å². The molecule has 0 unspecified atom stereocenters. The number of aromatic nitrogens is 1. The monoisotopic (exact) mass is 156 g/mol. The average molecular weight is 156 g/mol. The first-order valence-corrected chi connectivity index (χ1v) is 3.70. The maximum atomic E-state index is 11.1. The van der Waals surface area contributed by atoms with Gasteiger partial charge in [-0.2, -0.15) is 0 Å². The fourth-order valence-corrected chi connectivity index (χ4v) is 1.18. The summed E-state index contributed by atoms with van der Waals surface area (Å²) in [6, 6.07) is 0. The zero-order chi connectivity index (χ0) is 7.56. The third-order valence-corrected chi connectivity index (χ3v) is 1.81. The third-order valence-electron chi connectivity index (χ3n) is 1.05. The quantitative estimate of drug-likeness (QED) is 0.603. The van der Waals surface area contributed by atoms with Gasteiger partial charge in [0.2, 0.25) is 0 Å². The number of hydrogen-bond donors (Lipinski definition) is 0. The maximum Gasteiger partial charge on any atom is 0.265 e. The number of amides is 1. The fraction of sp³-hybridized carbons (Fsp3) is 0.333. The molecule has 3 nitrogen and oxygen atoms in total. The molecule has 0 bridgehead atoms. The molecule has 1 heterocycles. The topological polar surface area (TPSA) is 33.2 Å². The summed E-state index contributed by atoms with van der Waals surface area (Å²) in [5, 5.41) is 0. The Morgan fingerprint density at radius 2 is 2.40 bits per heavy atom. The molecule has 1 aromatic rings. The van der Waals surface area contributed by atoms with Gasteiger partial charge in [-0.25, -0.2) is 0 Å². The van der Waals surface area contributed by atoms with Crippen LogP contribution in [-0.4, -0.2) is 29.9 Å². The first-order chi connectivity index (χ1) is 4.72. The molecule has 10 heavy (non-hydrogen) atoms. The van der Waals surface area contributed by atoms with Gasteiger partial charge in [0.05, 0.1) is 11.7 Å². The number of thiazole rings is 1. The molecular formula is C6H8N2OS. The van der Waals surface area contributed by atoms with Crippen molar-refractivity contribution in [1.82, 2.24) is 9.88 Å². The average Bonchev–Trinajstić information content (AvgIpc) is 2.36. The summed E-state index contributed by atoms with van der Waals surface area (Å²) < 4.78 is 0. The fourth-order valence-electron chi connectivity index (χ4n) is 0.542. The van der Waals surface area contributed by atoms with Crippen LogP contribution in [0, 0.1) is 0 Å². The molecule has 1 aromatic heterocycles. The van der Waals surface area contributed by atoms with E-state index < -0.39 is 0 Å². The Hall–Kier alpha value is -0.900. The SMILES string of the molecule is CN(C)C(=O)c1cncs1. The van der Waals surface area contributed by atoms with Crippen molar-refractivity contribution in [3.8, 4) is 0 Å². The van der Waals surface area contributed by atoms with Gasteiger partial charge in [0.1, 0.15) is 4.88 Å². The highest BCUT2D eigenvalue weighted by atomic mass is 32.1. The number of carbonyl (C=O) groups excluding carboxylic acids is 1. The lowest BCUT2D eigenvalue weighted by atomic mass is 10.5. The van der Waals surface area contributed by atoms with Crippen molar-refractivity contribution in [1.29, 1.82) is 0 Å². The normalized spacial score (nSPS) is 9.40. The van der Waals surface area contributed by atoms with Gasteiger partial charge in [0.25, 0.3) is 5.91 Å². The molecule has 0 aromatic carbocycles. The molecule has 0 aliphatic carbocycles. The van der Waals surface area contributed by atoms with E-state index >= 15 is 0 Å². The smallest absolute Gasteiger partial charge is 0.265 e. The van der Waals surface area contributed by atoms with Crippen LogP contribution in [0.5, 0.6) is 0 Å². The molecule has 4 heteroatoms. The Morgan fingerprint density at radius 1 is 1.70 bits per heavy atom. The van der Waals surface area contributed by atoms with Gasteiger partial charge < -0.3 is 4.90 Å². The van der Waals surface area contributed by atoms with E-state index in [1.54, 1.807) is 25.8 Å². The van der Waals surface area contributed by atoms with Crippen molar-refractivity contribution < 1.29 is 4.79 Å². The molecule has 0 aliphatic rings. The van der Waals surface area contributed by atoms with E-state index in [1.165, 1.54) is 16.2 Å². The van der Waals surface area contributed by atoms with Crippen LogP contribution in [0.15, 0.2) is 11.7 Å². The molecule has 0 atom stereocenters. The standard InChI is InChI=1S/C6H8N2OS/c1-8(2)6(9)5-3-7-4-10-5/h3-4H,1-2H3. The highest BCUT2D eigenvalue weighted by Gasteiger charge is 2.07. The maximum absolute atomic E-state index is 11.1. The Labute approximate surface area is 63.3 Å². The van der Waals surface area contributed by atoms with Crippen LogP contribution in [0.25, 0.3) is 0 Å². The molecule has 0 radical (unpaired) electrons. The molecule has 0 spiro atoms. The summed E-state index contributed by atoms with van der Waals surface area (Å²) >= 11 is 1.36. The summed E-state index contributed by atoms with van der Waals surface area (Å²) in [5.41, 5.74) is 1.65. The van der Waals surface area contributed by atoms with Gasteiger partial charge in [-0.3, -0.25) is 9.78 Å². The minimum atomic E-state index is 0.0162. The van der Waals surface area contributed by atoms with Gasteiger partial charge in [-0.05, 0) is 0 Å². The van der Waals surface area contributed by atoms with Crippen LogP contribution < -0.4 is 0 Å². The Kier molecular flexibility index (Phi) is 2.01. The molecular weight excluding hydrogens is 148 g/mol. The Bertz CT molecular complexity index is 218. The second kappa shape index (κ2) is 2.79. The van der Waals surface area contributed by atoms with E-state index in [0.717, 1.165) is 0 Å². The van der Waals surface area contributed by atoms with Gasteiger partial charge in [0, 0.05) is 14.1 Å². The number of hydrogen-bond acceptors (Lipinski definition) is 3. The summed E-state index contributed by atoms with van der Waals surface area (Å²) in [6.07, 6.45) is 1.58. The second-order valence-electron chi connectivity index (χ2n) is 2.07. The van der Waals surface area contributed by atoms with Crippen LogP contribution in [0.4, 0.5) is 0 Å². The third kappa shape index (κ3) is 1.33. The first-order valence-electron chi connectivity index (χ1n) is 2.82. The molecule has 1 amide bonds. The summed E-state index contributed by atoms with van der Waals surface area (Å²) in [5.74, 6) is 0.0162. The minimum Gasteiger partial charge on any atom is -0.344 e. The largest absolute Gasteiger partial charge is 0.344 e. The van der Waals surface area contributed by atoms with Gasteiger partial charge in [-0.15, -0.1) is 11.3 Å². The molecule has 0 N–H and O–H groups in total. The Balaban J connectivity index is 2.78. The number of nitrogens with zero attached hydrogens (tertiary/aromatic N) is 2. The lowest BCUT2D eigenvalue weighted by Crippen LogP contribution is -2.20. The van der Waals surface area contributed by atoms with E-state index in [-0.39, 0.29) is 5.91 Å². The highest BCUT2D eigenvalue weighted by molar-refractivity contribution is 7.11. The van der Waals surface area contributed by atoms with Crippen molar-refractivity contribution in [2.45, 2.75) is 0 Å². The lowest BCUT2D eigenvalue weighted by Gasteiger charge is -2.06.